The number of hydrogen-bond acceptors (Lipinski definition) is 1. The van der Waals surface area contributed by atoms with Crippen molar-refractivity contribution in [2.24, 2.45) is 0 Å². The summed E-state index contributed by atoms with van der Waals surface area (Å²) in [5.41, 5.74) is 3.13. The maximum Gasteiger partial charge on any atom is 0.0139 e. The highest BCUT2D eigenvalue weighted by molar-refractivity contribution is 7.99. The molecule has 1 fully saturated rings. The van der Waals surface area contributed by atoms with Gasteiger partial charge in [-0.1, -0.05) is 12.1 Å². The average molecular weight is 232 g/mol. The lowest BCUT2D eigenvalue weighted by Gasteiger charge is -2.24. The van der Waals surface area contributed by atoms with E-state index in [2.05, 4.69) is 23.5 Å². The van der Waals surface area contributed by atoms with E-state index < -0.39 is 0 Å². The molecule has 2 aliphatic heterocycles. The maximum absolute atomic E-state index is 4.44. The van der Waals surface area contributed by atoms with E-state index in [0.717, 1.165) is 19.0 Å². The van der Waals surface area contributed by atoms with E-state index in [-0.39, 0.29) is 0 Å². The van der Waals surface area contributed by atoms with E-state index in [1.54, 1.807) is 16.0 Å². The van der Waals surface area contributed by atoms with E-state index in [1.165, 1.54) is 31.4 Å². The second-order valence-electron chi connectivity index (χ2n) is 4.76. The van der Waals surface area contributed by atoms with Gasteiger partial charge in [0.1, 0.15) is 0 Å². The predicted octanol–water partition coefficient (Wildman–Crippen LogP) is 3.21. The number of fused-ring (bicyclic) bond motifs is 1. The fourth-order valence-corrected chi connectivity index (χ4v) is 3.78. The lowest BCUT2D eigenvalue weighted by Crippen LogP contribution is -2.21. The molecule has 0 unspecified atom stereocenters. The van der Waals surface area contributed by atoms with Crippen LogP contribution in [0.3, 0.4) is 0 Å². The first-order valence-electron chi connectivity index (χ1n) is 6.32. The number of benzene rings is 1. The first kappa shape index (κ1) is 10.7. The molecule has 1 aromatic rings. The molecule has 0 aliphatic carbocycles. The molecule has 16 heavy (non-hydrogen) atoms. The van der Waals surface area contributed by atoms with Gasteiger partial charge in [-0.25, -0.2) is 5.32 Å². The van der Waals surface area contributed by atoms with Crippen molar-refractivity contribution in [3.05, 3.63) is 29.3 Å². The Morgan fingerprint density at radius 3 is 2.94 bits per heavy atom. The van der Waals surface area contributed by atoms with Crippen LogP contribution in [0.4, 0.5) is 0 Å². The zero-order valence-electron chi connectivity index (χ0n) is 9.61. The van der Waals surface area contributed by atoms with Crippen molar-refractivity contribution in [2.45, 2.75) is 36.5 Å². The van der Waals surface area contributed by atoms with Crippen molar-refractivity contribution in [3.8, 4) is 0 Å². The fourth-order valence-electron chi connectivity index (χ4n) is 2.69. The normalized spacial score (nSPS) is 21.8. The molecule has 1 nitrogen and oxygen atoms in total. The second kappa shape index (κ2) is 4.80. The van der Waals surface area contributed by atoms with Gasteiger partial charge < -0.3 is 0 Å². The molecule has 0 amide bonds. The smallest absolute Gasteiger partial charge is 0.0139 e. The van der Waals surface area contributed by atoms with E-state index in [4.69, 9.17) is 0 Å². The average Bonchev–Trinajstić information content (AvgIpc) is 2.39. The zero-order valence-corrected chi connectivity index (χ0v) is 10.4. The van der Waals surface area contributed by atoms with Crippen molar-refractivity contribution in [2.75, 3.05) is 18.8 Å². The number of rotatable bonds is 1. The standard InChI is InChI=1S/C14H18NS/c1-2-12-3-4-13(10-14(12)16-9-1)11-5-7-15-8-6-11/h3-4,10-11H,1-2,5-9H2. The SMILES string of the molecule is c1cc2c(cc1C1CC[N]CC1)SCCC2. The van der Waals surface area contributed by atoms with E-state index in [0.29, 0.717) is 0 Å². The fraction of sp³-hybridized carbons (Fsp3) is 0.571. The molecule has 2 heterocycles. The molecule has 0 spiro atoms. The highest BCUT2D eigenvalue weighted by Crippen LogP contribution is 2.34. The summed E-state index contributed by atoms with van der Waals surface area (Å²) in [5.74, 6) is 2.07. The third-order valence-corrected chi connectivity index (χ3v) is 4.87. The van der Waals surface area contributed by atoms with E-state index in [1.807, 2.05) is 11.8 Å². The van der Waals surface area contributed by atoms with Gasteiger partial charge in [-0.3, -0.25) is 0 Å². The maximum atomic E-state index is 4.44. The van der Waals surface area contributed by atoms with Gasteiger partial charge in [-0.05, 0) is 54.5 Å². The Bertz CT molecular complexity index is 369. The van der Waals surface area contributed by atoms with Gasteiger partial charge in [-0.15, -0.1) is 11.8 Å². The predicted molar refractivity (Wildman–Crippen MR) is 69.3 cm³/mol. The van der Waals surface area contributed by atoms with Crippen LogP contribution in [0.15, 0.2) is 23.1 Å². The van der Waals surface area contributed by atoms with Crippen LogP contribution in [0.5, 0.6) is 0 Å². The molecule has 1 saturated heterocycles. The van der Waals surface area contributed by atoms with Gasteiger partial charge in [0.15, 0.2) is 0 Å². The Morgan fingerprint density at radius 2 is 2.06 bits per heavy atom. The molecule has 3 rings (SSSR count). The third kappa shape index (κ3) is 2.14. The van der Waals surface area contributed by atoms with Crippen molar-refractivity contribution >= 4 is 11.8 Å². The van der Waals surface area contributed by atoms with E-state index in [9.17, 15) is 0 Å². The lowest BCUT2D eigenvalue weighted by molar-refractivity contribution is 0.453. The Kier molecular flexibility index (Phi) is 3.20. The summed E-state index contributed by atoms with van der Waals surface area (Å²) in [6.07, 6.45) is 5.13. The zero-order chi connectivity index (χ0) is 10.8. The molecule has 85 valence electrons. The van der Waals surface area contributed by atoms with Crippen LogP contribution in [0.25, 0.3) is 0 Å². The molecule has 2 heteroatoms. The quantitative estimate of drug-likeness (QED) is 0.725. The number of thioether (sulfide) groups is 1. The van der Waals surface area contributed by atoms with Gasteiger partial charge in [-0.2, -0.15) is 0 Å². The van der Waals surface area contributed by atoms with Crippen LogP contribution in [0.2, 0.25) is 0 Å². The van der Waals surface area contributed by atoms with Gasteiger partial charge in [0.25, 0.3) is 0 Å². The van der Waals surface area contributed by atoms with Gasteiger partial charge in [0, 0.05) is 18.0 Å². The molecule has 2 aliphatic rings. The molecule has 0 aromatic heterocycles. The monoisotopic (exact) mass is 232 g/mol. The van der Waals surface area contributed by atoms with Crippen molar-refractivity contribution in [1.29, 1.82) is 0 Å². The van der Waals surface area contributed by atoms with Crippen molar-refractivity contribution < 1.29 is 0 Å². The third-order valence-electron chi connectivity index (χ3n) is 3.68. The highest BCUT2D eigenvalue weighted by Gasteiger charge is 2.18. The first-order valence-corrected chi connectivity index (χ1v) is 7.31. The van der Waals surface area contributed by atoms with Gasteiger partial charge >= 0.3 is 0 Å². The topological polar surface area (TPSA) is 14.1 Å². The molecule has 0 N–H and O–H groups in total. The van der Waals surface area contributed by atoms with Gasteiger partial charge in [0.2, 0.25) is 0 Å². The molecule has 1 radical (unpaired) electrons. The highest BCUT2D eigenvalue weighted by atomic mass is 32.2. The van der Waals surface area contributed by atoms with Crippen molar-refractivity contribution in [3.63, 3.8) is 0 Å². The Labute approximate surface area is 102 Å². The summed E-state index contributed by atoms with van der Waals surface area (Å²) in [6, 6.07) is 7.18. The summed E-state index contributed by atoms with van der Waals surface area (Å²) in [7, 11) is 0. The molecule has 0 bridgehead atoms. The summed E-state index contributed by atoms with van der Waals surface area (Å²) in [4.78, 5) is 1.55. The number of piperidine rings is 1. The molecular formula is C14H18NS. The Balaban J connectivity index is 1.84. The van der Waals surface area contributed by atoms with Crippen molar-refractivity contribution in [1.82, 2.24) is 5.32 Å². The molecule has 1 aromatic carbocycles. The summed E-state index contributed by atoms with van der Waals surface area (Å²) in [6.45, 7) is 2.13. The number of nitrogens with zero attached hydrogens (tertiary/aromatic N) is 1. The van der Waals surface area contributed by atoms with Crippen LogP contribution in [0.1, 0.15) is 36.3 Å². The van der Waals surface area contributed by atoms with Gasteiger partial charge in [0.05, 0.1) is 0 Å². The minimum absolute atomic E-state index is 0.769. The summed E-state index contributed by atoms with van der Waals surface area (Å²) < 4.78 is 0. The largest absolute Gasteiger partial charge is 0.242 e. The summed E-state index contributed by atoms with van der Waals surface area (Å²) in [5, 5.41) is 4.44. The van der Waals surface area contributed by atoms with Crippen LogP contribution >= 0.6 is 11.8 Å². The molecule has 0 atom stereocenters. The first-order chi connectivity index (χ1) is 7.93. The number of hydrogen-bond donors (Lipinski definition) is 0. The van der Waals surface area contributed by atoms with Crippen LogP contribution in [-0.4, -0.2) is 18.8 Å². The number of aryl methyl sites for hydroxylation is 1. The van der Waals surface area contributed by atoms with Crippen LogP contribution in [0, 0.1) is 0 Å². The Morgan fingerprint density at radius 1 is 1.19 bits per heavy atom. The van der Waals surface area contributed by atoms with Crippen LogP contribution < -0.4 is 5.32 Å². The Hall–Kier alpha value is -0.470. The minimum Gasteiger partial charge on any atom is -0.242 e. The van der Waals surface area contributed by atoms with Crippen LogP contribution in [-0.2, 0) is 6.42 Å². The van der Waals surface area contributed by atoms with E-state index >= 15 is 0 Å². The minimum atomic E-state index is 0.769. The second-order valence-corrected chi connectivity index (χ2v) is 5.90. The lowest BCUT2D eigenvalue weighted by atomic mass is 9.89. The molecular weight excluding hydrogens is 214 g/mol. The summed E-state index contributed by atoms with van der Waals surface area (Å²) >= 11 is 2.04. The molecule has 0 saturated carbocycles.